The zero-order valence-electron chi connectivity index (χ0n) is 25.8. The molecule has 1 fully saturated rings. The molecule has 2 bridgehead atoms. The maximum absolute atomic E-state index is 6.62. The second kappa shape index (κ2) is 12.4. The molecule has 5 nitrogen and oxygen atoms in total. The van der Waals surface area contributed by atoms with Crippen LogP contribution in [0.4, 0.5) is 0 Å². The number of aromatic nitrogens is 2. The average molecular weight is 566 g/mol. The highest BCUT2D eigenvalue weighted by atomic mass is 16.8. The molecule has 42 heavy (non-hydrogen) atoms. The number of aryl methyl sites for hydroxylation is 1. The van der Waals surface area contributed by atoms with Gasteiger partial charge < -0.3 is 14.8 Å². The highest BCUT2D eigenvalue weighted by Gasteiger charge is 2.68. The average Bonchev–Trinajstić information content (AvgIpc) is 3.82. The summed E-state index contributed by atoms with van der Waals surface area (Å²) < 4.78 is 17.5. The van der Waals surface area contributed by atoms with Crippen molar-refractivity contribution in [3.63, 3.8) is 0 Å². The molecule has 0 saturated heterocycles. The van der Waals surface area contributed by atoms with Crippen molar-refractivity contribution in [1.29, 1.82) is 0 Å². The fraction of sp³-hybridized carbons (Fsp3) is 0.459. The van der Waals surface area contributed by atoms with Gasteiger partial charge in [-0.05, 0) is 114 Å². The molecule has 2 aliphatic heterocycles. The number of rotatable bonds is 9. The number of nitrogens with one attached hydrogen (secondary N) is 1. The standard InChI is InChI=1S/C33H35N3O2.2C2H6/c1(3-17-34-18-16-27-22-23-12-13-26(27)21-23)2-7-24-14-15-30-32-28(24)10-6-20-36(32)33(38-30)35-19-5-9-25-8-4-11-29(37-33)31(25)35;2*1-2/h4-6,8-15,19-20,23,26-27,34H,1-3,7,16-18,21-22H2;2*1-2H3/q+2;;/t23?,26?,27?,33-;;/m0../s1. The summed E-state index contributed by atoms with van der Waals surface area (Å²) in [5.41, 5.74) is 3.56. The van der Waals surface area contributed by atoms with Crippen LogP contribution >= 0.6 is 0 Å². The van der Waals surface area contributed by atoms with Crippen LogP contribution in [-0.4, -0.2) is 13.1 Å². The number of allylic oxidation sites excluding steroid dienone is 2. The summed E-state index contributed by atoms with van der Waals surface area (Å²) in [5.74, 6) is 4.41. The van der Waals surface area contributed by atoms with Gasteiger partial charge in [-0.15, -0.1) is 0 Å². The number of fused-ring (bicyclic) bond motifs is 4. The molecule has 4 atom stereocenters. The van der Waals surface area contributed by atoms with Crippen molar-refractivity contribution in [3.05, 3.63) is 84.7 Å². The van der Waals surface area contributed by atoms with E-state index in [4.69, 9.17) is 9.47 Å². The third-order valence-corrected chi connectivity index (χ3v) is 9.29. The van der Waals surface area contributed by atoms with Crippen LogP contribution in [0.5, 0.6) is 11.5 Å². The normalized spacial score (nSPS) is 23.5. The topological polar surface area (TPSA) is 38.2 Å². The van der Waals surface area contributed by atoms with Crippen LogP contribution in [0.1, 0.15) is 71.8 Å². The number of unbranched alkanes of at least 4 members (excludes halogenated alkanes) is 2. The second-order valence-electron chi connectivity index (χ2n) is 11.6. The molecule has 3 unspecified atom stereocenters. The molecular formula is C37H47N3O2+2. The molecule has 0 radical (unpaired) electrons. The molecule has 4 heterocycles. The number of nitrogens with zero attached hydrogens (tertiary/aromatic N) is 2. The van der Waals surface area contributed by atoms with Crippen molar-refractivity contribution in [1.82, 2.24) is 5.32 Å². The Morgan fingerprint density at radius 1 is 0.762 bits per heavy atom. The summed E-state index contributed by atoms with van der Waals surface area (Å²) >= 11 is 0. The molecule has 2 aromatic heterocycles. The van der Waals surface area contributed by atoms with Crippen molar-refractivity contribution in [2.75, 3.05) is 13.1 Å². The third-order valence-electron chi connectivity index (χ3n) is 9.29. The minimum Gasteiger partial charge on any atom is -0.334 e. The smallest absolute Gasteiger partial charge is 0.334 e. The number of hydrogen-bond donors (Lipinski definition) is 1. The van der Waals surface area contributed by atoms with E-state index in [0.29, 0.717) is 0 Å². The van der Waals surface area contributed by atoms with E-state index < -0.39 is 6.03 Å². The molecule has 1 saturated carbocycles. The van der Waals surface area contributed by atoms with Crippen LogP contribution in [0.25, 0.3) is 21.8 Å². The number of ether oxygens (including phenoxy) is 2. The van der Waals surface area contributed by atoms with Gasteiger partial charge in [0.2, 0.25) is 11.5 Å². The van der Waals surface area contributed by atoms with Crippen LogP contribution in [0.3, 0.4) is 0 Å². The first kappa shape index (κ1) is 28.7. The van der Waals surface area contributed by atoms with E-state index in [2.05, 4.69) is 81.5 Å². The molecule has 4 aromatic rings. The lowest BCUT2D eigenvalue weighted by Crippen LogP contribution is -2.75. The molecular weight excluding hydrogens is 518 g/mol. The minimum atomic E-state index is -1.05. The number of benzene rings is 2. The van der Waals surface area contributed by atoms with E-state index in [9.17, 15) is 0 Å². The fourth-order valence-corrected chi connectivity index (χ4v) is 7.46. The van der Waals surface area contributed by atoms with Crippen molar-refractivity contribution in [2.45, 2.75) is 78.7 Å². The lowest BCUT2D eigenvalue weighted by molar-refractivity contribution is -1.03. The zero-order valence-corrected chi connectivity index (χ0v) is 25.8. The van der Waals surface area contributed by atoms with Crippen molar-refractivity contribution >= 4 is 21.8 Å². The summed E-state index contributed by atoms with van der Waals surface area (Å²) in [6.07, 6.45) is 18.0. The highest BCUT2D eigenvalue weighted by molar-refractivity contribution is 5.86. The fourth-order valence-electron chi connectivity index (χ4n) is 7.46. The summed E-state index contributed by atoms with van der Waals surface area (Å²) in [4.78, 5) is 0. The van der Waals surface area contributed by atoms with Gasteiger partial charge in [0.1, 0.15) is 0 Å². The Morgan fingerprint density at radius 2 is 1.52 bits per heavy atom. The Balaban J connectivity index is 0.000000759. The Hall–Kier alpha value is -3.44. The molecule has 4 aliphatic rings. The largest absolute Gasteiger partial charge is 0.715 e. The van der Waals surface area contributed by atoms with E-state index in [1.807, 2.05) is 39.8 Å². The molecule has 2 aromatic carbocycles. The van der Waals surface area contributed by atoms with Gasteiger partial charge in [-0.2, -0.15) is 0 Å². The molecule has 5 heteroatoms. The Morgan fingerprint density at radius 3 is 2.31 bits per heavy atom. The Labute approximate surface area is 251 Å². The quantitative estimate of drug-likeness (QED) is 0.130. The maximum atomic E-state index is 6.62. The maximum Gasteiger partial charge on any atom is 0.715 e. The van der Waals surface area contributed by atoms with Crippen LogP contribution in [-0.2, 0) is 12.5 Å². The van der Waals surface area contributed by atoms with Crippen molar-refractivity contribution < 1.29 is 18.6 Å². The van der Waals surface area contributed by atoms with E-state index in [0.717, 1.165) is 58.6 Å². The second-order valence-corrected chi connectivity index (χ2v) is 11.6. The minimum absolute atomic E-state index is 0.849. The summed E-state index contributed by atoms with van der Waals surface area (Å²) in [5, 5.41) is 6.11. The predicted octanol–water partition coefficient (Wildman–Crippen LogP) is 7.43. The van der Waals surface area contributed by atoms with Gasteiger partial charge in [-0.3, -0.25) is 0 Å². The van der Waals surface area contributed by atoms with E-state index in [1.165, 1.54) is 56.0 Å². The number of hydrogen-bond acceptors (Lipinski definition) is 3. The van der Waals surface area contributed by atoms with Crippen LogP contribution in [0.15, 0.2) is 79.1 Å². The van der Waals surface area contributed by atoms with Crippen LogP contribution < -0.4 is 23.9 Å². The molecule has 220 valence electrons. The first-order valence-corrected chi connectivity index (χ1v) is 16.5. The summed E-state index contributed by atoms with van der Waals surface area (Å²) in [6.45, 7) is 10.3. The van der Waals surface area contributed by atoms with Gasteiger partial charge >= 0.3 is 6.03 Å². The lowest BCUT2D eigenvalue weighted by Gasteiger charge is -2.18. The SMILES string of the molecule is C1=CC2CC1CC2CCNCCCCCc1ccc2c3c1ccc[n+]3[C@@]1(Oc3cccc4ccc[n+]1c34)O2.CC.CC. The third kappa shape index (κ3) is 4.86. The first-order chi connectivity index (χ1) is 20.8. The molecule has 1 N–H and O–H groups in total. The van der Waals surface area contributed by atoms with Gasteiger partial charge in [0.25, 0.3) is 11.0 Å². The molecule has 2 aliphatic carbocycles. The Kier molecular flexibility index (Phi) is 8.48. The first-order valence-electron chi connectivity index (χ1n) is 16.5. The van der Waals surface area contributed by atoms with Gasteiger partial charge in [0.05, 0.1) is 10.8 Å². The van der Waals surface area contributed by atoms with Gasteiger partial charge in [-0.25, -0.2) is 0 Å². The van der Waals surface area contributed by atoms with E-state index in [-0.39, 0.29) is 0 Å². The predicted molar refractivity (Wildman–Crippen MR) is 169 cm³/mol. The van der Waals surface area contributed by atoms with Crippen molar-refractivity contribution in [3.8, 4) is 11.5 Å². The Bertz CT molecular complexity index is 1580. The van der Waals surface area contributed by atoms with Gasteiger partial charge in [0, 0.05) is 12.1 Å². The molecule has 1 spiro atoms. The van der Waals surface area contributed by atoms with Gasteiger partial charge in [-0.1, -0.05) is 58.4 Å². The summed E-state index contributed by atoms with van der Waals surface area (Å²) in [7, 11) is 0. The number of para-hydroxylation sites is 1. The monoisotopic (exact) mass is 565 g/mol. The molecule has 0 amide bonds. The highest BCUT2D eigenvalue weighted by Crippen LogP contribution is 2.44. The van der Waals surface area contributed by atoms with E-state index >= 15 is 0 Å². The number of pyridine rings is 2. The van der Waals surface area contributed by atoms with Crippen LogP contribution in [0.2, 0.25) is 0 Å². The lowest BCUT2D eigenvalue weighted by atomic mass is 9.91. The van der Waals surface area contributed by atoms with E-state index in [1.54, 1.807) is 0 Å². The van der Waals surface area contributed by atoms with Gasteiger partial charge in [0.15, 0.2) is 12.4 Å². The molecule has 8 rings (SSSR count). The van der Waals surface area contributed by atoms with Crippen molar-refractivity contribution in [2.24, 2.45) is 17.8 Å². The summed E-state index contributed by atoms with van der Waals surface area (Å²) in [6, 6.07) is 18.0. The van der Waals surface area contributed by atoms with Crippen LogP contribution in [0, 0.1) is 17.8 Å². The zero-order chi connectivity index (χ0) is 29.1.